The fourth-order valence-electron chi connectivity index (χ4n) is 6.90. The van der Waals surface area contributed by atoms with Crippen LogP contribution in [0.3, 0.4) is 0 Å². The Morgan fingerprint density at radius 1 is 1.03 bits per heavy atom. The van der Waals surface area contributed by atoms with Crippen molar-refractivity contribution in [2.24, 2.45) is 11.8 Å². The third kappa shape index (κ3) is 4.41. The highest BCUT2D eigenvalue weighted by atomic mass is 32.2. The number of hydrogen-bond acceptors (Lipinski definition) is 7. The molecule has 6 atom stereocenters. The molecule has 1 aromatic carbocycles. The second kappa shape index (κ2) is 10.7. The number of likely N-dealkylation sites (tertiary alicyclic amines) is 1. The summed E-state index contributed by atoms with van der Waals surface area (Å²) in [4.78, 5) is 50.0. The lowest BCUT2D eigenvalue weighted by Gasteiger charge is -2.39. The summed E-state index contributed by atoms with van der Waals surface area (Å²) < 4.78 is 4.58. The summed E-state index contributed by atoms with van der Waals surface area (Å²) in [6.45, 7) is 4.95. The first-order chi connectivity index (χ1) is 19.0. The molecule has 1 aromatic rings. The minimum Gasteiger partial charge on any atom is -0.394 e. The van der Waals surface area contributed by atoms with Gasteiger partial charge in [0.15, 0.2) is 0 Å². The molecule has 39 heavy (non-hydrogen) atoms. The number of aliphatic hydroxyl groups excluding tert-OH is 1. The summed E-state index contributed by atoms with van der Waals surface area (Å²) in [5, 5.41) is 10.4. The maximum absolute atomic E-state index is 14.5. The van der Waals surface area contributed by atoms with Gasteiger partial charge in [0.2, 0.25) is 17.7 Å². The lowest BCUT2D eigenvalue weighted by molar-refractivity contribution is -0.146. The number of hydrogen-bond donors (Lipinski definition) is 1. The molecule has 0 saturated carbocycles. The second-order valence-corrected chi connectivity index (χ2v) is 12.5. The standard InChI is InChI=1S/C29H36N4O5S/c1-30-11-5-9-22-23(26(30)35)24-27(36)33(21(19-34)20-7-3-2-4-8-20)25-28(37)32(12-6-10-29(24,25)39-22)14-13-31-15-17-38-18-16-31/h2-10,21-25,34H,11-19H2,1H3/t21-,22+,23-,24+,25?,29+/m1/s1. The van der Waals surface area contributed by atoms with Gasteiger partial charge in [0.25, 0.3) is 0 Å². The molecule has 3 amide bonds. The molecule has 208 valence electrons. The maximum Gasteiger partial charge on any atom is 0.247 e. The van der Waals surface area contributed by atoms with Crippen LogP contribution >= 0.6 is 11.8 Å². The predicted octanol–water partition coefficient (Wildman–Crippen LogP) is 0.776. The fourth-order valence-corrected chi connectivity index (χ4v) is 8.90. The average molecular weight is 553 g/mol. The normalized spacial score (nSPS) is 33.6. The molecule has 0 bridgehead atoms. The number of aliphatic hydroxyl groups is 1. The SMILES string of the molecule is CN1CC=C[C@@H]2S[C@]34C=CCN(CCN5CCOCC5)C(=O)C3N([C@H](CO)c3ccccc3)C(=O)[C@@H]4[C@@H]2C1=O. The zero-order valence-electron chi connectivity index (χ0n) is 22.2. The molecule has 1 spiro atoms. The van der Waals surface area contributed by atoms with Crippen molar-refractivity contribution in [3.63, 3.8) is 0 Å². The highest BCUT2D eigenvalue weighted by molar-refractivity contribution is 8.02. The second-order valence-electron chi connectivity index (χ2n) is 11.0. The molecule has 1 unspecified atom stereocenters. The van der Waals surface area contributed by atoms with Gasteiger partial charge in [0.1, 0.15) is 6.04 Å². The van der Waals surface area contributed by atoms with E-state index in [4.69, 9.17) is 4.74 Å². The first kappa shape index (κ1) is 26.6. The van der Waals surface area contributed by atoms with Gasteiger partial charge < -0.3 is 24.5 Å². The number of carbonyl (C=O) groups excluding carboxylic acids is 3. The van der Waals surface area contributed by atoms with Crippen LogP contribution < -0.4 is 0 Å². The zero-order valence-corrected chi connectivity index (χ0v) is 23.0. The first-order valence-corrected chi connectivity index (χ1v) is 14.7. The van der Waals surface area contributed by atoms with Crippen molar-refractivity contribution >= 4 is 29.5 Å². The molecular formula is C29H36N4O5S. The van der Waals surface area contributed by atoms with E-state index in [2.05, 4.69) is 4.90 Å². The van der Waals surface area contributed by atoms with Gasteiger partial charge in [-0.2, -0.15) is 0 Å². The molecule has 5 heterocycles. The summed E-state index contributed by atoms with van der Waals surface area (Å²) in [6, 6.07) is 7.89. The minimum atomic E-state index is -0.891. The molecule has 3 saturated heterocycles. The highest BCUT2D eigenvalue weighted by Crippen LogP contribution is 2.62. The Morgan fingerprint density at radius 3 is 2.54 bits per heavy atom. The van der Waals surface area contributed by atoms with Crippen LogP contribution in [0.4, 0.5) is 0 Å². The van der Waals surface area contributed by atoms with Crippen molar-refractivity contribution in [1.29, 1.82) is 0 Å². The number of nitrogens with zero attached hydrogens (tertiary/aromatic N) is 4. The van der Waals surface area contributed by atoms with Gasteiger partial charge in [-0.1, -0.05) is 54.6 Å². The number of fused-ring (bicyclic) bond motifs is 2. The Hall–Kier alpha value is -2.66. The summed E-state index contributed by atoms with van der Waals surface area (Å²) in [5.41, 5.74) is 0.773. The predicted molar refractivity (Wildman–Crippen MR) is 148 cm³/mol. The van der Waals surface area contributed by atoms with E-state index in [9.17, 15) is 19.5 Å². The van der Waals surface area contributed by atoms with Gasteiger partial charge >= 0.3 is 0 Å². The summed E-state index contributed by atoms with van der Waals surface area (Å²) in [5.74, 6) is -1.67. The van der Waals surface area contributed by atoms with Crippen LogP contribution in [0, 0.1) is 11.8 Å². The molecule has 5 aliphatic rings. The van der Waals surface area contributed by atoms with Crippen molar-refractivity contribution in [3.8, 4) is 0 Å². The highest BCUT2D eigenvalue weighted by Gasteiger charge is 2.71. The molecule has 0 aromatic heterocycles. The van der Waals surface area contributed by atoms with Gasteiger partial charge in [-0.3, -0.25) is 19.3 Å². The van der Waals surface area contributed by atoms with Crippen LogP contribution in [0.1, 0.15) is 11.6 Å². The molecule has 10 heteroatoms. The van der Waals surface area contributed by atoms with Gasteiger partial charge in [0.05, 0.1) is 42.4 Å². The molecule has 3 fully saturated rings. The van der Waals surface area contributed by atoms with Gasteiger partial charge in [-0.15, -0.1) is 11.8 Å². The van der Waals surface area contributed by atoms with E-state index >= 15 is 0 Å². The number of carbonyl (C=O) groups is 3. The van der Waals surface area contributed by atoms with Crippen molar-refractivity contribution in [3.05, 3.63) is 60.2 Å². The van der Waals surface area contributed by atoms with Crippen molar-refractivity contribution in [2.45, 2.75) is 22.1 Å². The summed E-state index contributed by atoms with van der Waals surface area (Å²) >= 11 is 1.57. The van der Waals surface area contributed by atoms with Crippen molar-refractivity contribution in [1.82, 2.24) is 19.6 Å². The fraction of sp³-hybridized carbons (Fsp3) is 0.552. The molecule has 5 aliphatic heterocycles. The average Bonchev–Trinajstić information content (AvgIpc) is 3.29. The van der Waals surface area contributed by atoms with E-state index in [1.165, 1.54) is 0 Å². The first-order valence-electron chi connectivity index (χ1n) is 13.8. The third-order valence-corrected chi connectivity index (χ3v) is 10.6. The quantitative estimate of drug-likeness (QED) is 0.522. The summed E-state index contributed by atoms with van der Waals surface area (Å²) in [7, 11) is 1.77. The number of morpholine rings is 1. The lowest BCUT2D eigenvalue weighted by atomic mass is 9.78. The monoisotopic (exact) mass is 552 g/mol. The number of rotatable bonds is 6. The molecule has 9 nitrogen and oxygen atoms in total. The Balaban J connectivity index is 1.40. The number of thioether (sulfide) groups is 1. The Labute approximate surface area is 233 Å². The summed E-state index contributed by atoms with van der Waals surface area (Å²) in [6.07, 6.45) is 8.07. The molecular weight excluding hydrogens is 516 g/mol. The third-order valence-electron chi connectivity index (χ3n) is 8.86. The van der Waals surface area contributed by atoms with Gasteiger partial charge in [-0.25, -0.2) is 0 Å². The van der Waals surface area contributed by atoms with Crippen LogP contribution in [0.2, 0.25) is 0 Å². The van der Waals surface area contributed by atoms with E-state index in [1.54, 1.807) is 28.6 Å². The number of benzene rings is 1. The van der Waals surface area contributed by atoms with Crippen molar-refractivity contribution < 1.29 is 24.2 Å². The van der Waals surface area contributed by atoms with Crippen LogP contribution in [0.15, 0.2) is 54.6 Å². The van der Waals surface area contributed by atoms with Gasteiger partial charge in [0, 0.05) is 51.6 Å². The largest absolute Gasteiger partial charge is 0.394 e. The topological polar surface area (TPSA) is 93.6 Å². The Bertz CT molecular complexity index is 1170. The van der Waals surface area contributed by atoms with Crippen molar-refractivity contribution in [2.75, 3.05) is 66.1 Å². The number of amides is 3. The molecule has 0 aliphatic carbocycles. The van der Waals surface area contributed by atoms with E-state index in [1.807, 2.05) is 59.5 Å². The van der Waals surface area contributed by atoms with Crippen LogP contribution in [-0.4, -0.2) is 125 Å². The molecule has 1 N–H and O–H groups in total. The number of likely N-dealkylation sites (N-methyl/N-ethyl adjacent to an activating group) is 1. The lowest BCUT2D eigenvalue weighted by Crippen LogP contribution is -2.55. The Kier molecular flexibility index (Phi) is 7.30. The van der Waals surface area contributed by atoms with E-state index in [0.717, 1.165) is 25.2 Å². The molecule has 6 rings (SSSR count). The Morgan fingerprint density at radius 2 is 1.79 bits per heavy atom. The zero-order chi connectivity index (χ0) is 27.1. The van der Waals surface area contributed by atoms with E-state index in [-0.39, 0.29) is 29.6 Å². The van der Waals surface area contributed by atoms with Crippen LogP contribution in [-0.2, 0) is 19.1 Å². The smallest absolute Gasteiger partial charge is 0.247 e. The minimum absolute atomic E-state index is 0.0668. The van der Waals surface area contributed by atoms with E-state index < -0.39 is 28.7 Å². The number of ether oxygens (including phenoxy) is 1. The van der Waals surface area contributed by atoms with Crippen LogP contribution in [0.5, 0.6) is 0 Å². The molecule has 0 radical (unpaired) electrons. The van der Waals surface area contributed by atoms with E-state index in [0.29, 0.717) is 32.8 Å². The van der Waals surface area contributed by atoms with Crippen LogP contribution in [0.25, 0.3) is 0 Å². The van der Waals surface area contributed by atoms with Gasteiger partial charge in [-0.05, 0) is 5.56 Å². The maximum atomic E-state index is 14.5.